The Morgan fingerprint density at radius 2 is 1.69 bits per heavy atom. The van der Waals surface area contributed by atoms with Crippen LogP contribution in [0.1, 0.15) is 11.3 Å². The number of nitrogens with one attached hydrogen (secondary N) is 1. The van der Waals surface area contributed by atoms with E-state index in [0.29, 0.717) is 6.54 Å². The van der Waals surface area contributed by atoms with Crippen molar-refractivity contribution in [1.29, 1.82) is 5.26 Å². The van der Waals surface area contributed by atoms with E-state index in [0.717, 1.165) is 22.3 Å². The Labute approximate surface area is 169 Å². The summed E-state index contributed by atoms with van der Waals surface area (Å²) < 4.78 is 1.97. The van der Waals surface area contributed by atoms with Crippen LogP contribution in [0, 0.1) is 11.3 Å². The second-order valence-electron chi connectivity index (χ2n) is 6.67. The number of hydrogen-bond acceptors (Lipinski definition) is 2. The van der Waals surface area contributed by atoms with E-state index in [9.17, 15) is 10.1 Å². The molecule has 1 aromatic heterocycles. The van der Waals surface area contributed by atoms with Gasteiger partial charge in [-0.2, -0.15) is 5.26 Å². The van der Waals surface area contributed by atoms with Crippen LogP contribution >= 0.6 is 0 Å². The Morgan fingerprint density at radius 3 is 2.48 bits per heavy atom. The highest BCUT2D eigenvalue weighted by Crippen LogP contribution is 2.21. The van der Waals surface area contributed by atoms with Gasteiger partial charge in [0.2, 0.25) is 0 Å². The molecule has 1 amide bonds. The molecule has 0 radical (unpaired) electrons. The van der Waals surface area contributed by atoms with Crippen molar-refractivity contribution in [3.63, 3.8) is 0 Å². The van der Waals surface area contributed by atoms with E-state index >= 15 is 0 Å². The SMILES string of the molecule is N#C/C(=C/c1cccn1-c1ccc2ccccc2c1)C(=O)NCc1ccccc1. The number of aromatic nitrogens is 1. The van der Waals surface area contributed by atoms with Crippen LogP contribution in [0.3, 0.4) is 0 Å². The lowest BCUT2D eigenvalue weighted by atomic mass is 10.1. The van der Waals surface area contributed by atoms with E-state index in [2.05, 4.69) is 29.6 Å². The van der Waals surface area contributed by atoms with Crippen LogP contribution in [0.25, 0.3) is 22.5 Å². The normalized spacial score (nSPS) is 11.2. The number of amides is 1. The first-order valence-electron chi connectivity index (χ1n) is 9.35. The number of nitriles is 1. The molecule has 4 rings (SSSR count). The zero-order valence-electron chi connectivity index (χ0n) is 15.7. The average molecular weight is 377 g/mol. The van der Waals surface area contributed by atoms with E-state index in [4.69, 9.17) is 0 Å². The van der Waals surface area contributed by atoms with Crippen LogP contribution in [0.4, 0.5) is 0 Å². The number of rotatable bonds is 5. The number of carbonyl (C=O) groups excluding carboxylic acids is 1. The maximum absolute atomic E-state index is 12.5. The van der Waals surface area contributed by atoms with Crippen molar-refractivity contribution in [2.24, 2.45) is 0 Å². The summed E-state index contributed by atoms with van der Waals surface area (Å²) in [5.41, 5.74) is 2.80. The third-order valence-electron chi connectivity index (χ3n) is 4.74. The average Bonchev–Trinajstić information content (AvgIpc) is 3.24. The van der Waals surface area contributed by atoms with Gasteiger partial charge < -0.3 is 9.88 Å². The quantitative estimate of drug-likeness (QED) is 0.399. The molecular weight excluding hydrogens is 358 g/mol. The topological polar surface area (TPSA) is 57.8 Å². The van der Waals surface area contributed by atoms with Crippen LogP contribution in [0.2, 0.25) is 0 Å². The summed E-state index contributed by atoms with van der Waals surface area (Å²) in [6.45, 7) is 0.379. The zero-order chi connectivity index (χ0) is 20.1. The van der Waals surface area contributed by atoms with Crippen LogP contribution in [-0.4, -0.2) is 10.5 Å². The van der Waals surface area contributed by atoms with Gasteiger partial charge in [-0.25, -0.2) is 0 Å². The summed E-state index contributed by atoms with van der Waals surface area (Å²) in [5, 5.41) is 14.6. The fourth-order valence-corrected chi connectivity index (χ4v) is 3.24. The molecule has 29 heavy (non-hydrogen) atoms. The van der Waals surface area contributed by atoms with E-state index in [-0.39, 0.29) is 11.5 Å². The molecule has 0 aliphatic carbocycles. The third kappa shape index (κ3) is 4.10. The molecule has 0 fully saturated rings. The summed E-state index contributed by atoms with van der Waals surface area (Å²) in [7, 11) is 0. The van der Waals surface area contributed by atoms with Gasteiger partial charge in [-0.1, -0.05) is 60.7 Å². The van der Waals surface area contributed by atoms with Gasteiger partial charge in [-0.05, 0) is 46.7 Å². The van der Waals surface area contributed by atoms with Gasteiger partial charge >= 0.3 is 0 Å². The van der Waals surface area contributed by atoms with Crippen molar-refractivity contribution in [3.05, 3.63) is 108 Å². The van der Waals surface area contributed by atoms with Gasteiger partial charge in [0.1, 0.15) is 11.6 Å². The Bertz CT molecular complexity index is 1230. The smallest absolute Gasteiger partial charge is 0.262 e. The lowest BCUT2D eigenvalue weighted by Crippen LogP contribution is -2.24. The first kappa shape index (κ1) is 18.3. The highest BCUT2D eigenvalue weighted by Gasteiger charge is 2.11. The molecule has 0 bridgehead atoms. The Hall–Kier alpha value is -4.10. The summed E-state index contributed by atoms with van der Waals surface area (Å²) in [4.78, 5) is 12.5. The molecule has 1 heterocycles. The van der Waals surface area contributed by atoms with Gasteiger partial charge in [-0.3, -0.25) is 4.79 Å². The molecule has 0 aliphatic rings. The summed E-state index contributed by atoms with van der Waals surface area (Å²) in [5.74, 6) is -0.386. The fraction of sp³-hybridized carbons (Fsp3) is 0.0400. The minimum absolute atomic E-state index is 0.0710. The minimum atomic E-state index is -0.386. The number of benzene rings is 3. The molecule has 1 N–H and O–H groups in total. The molecule has 0 spiro atoms. The molecule has 3 aromatic carbocycles. The number of nitrogens with zero attached hydrogens (tertiary/aromatic N) is 2. The summed E-state index contributed by atoms with van der Waals surface area (Å²) >= 11 is 0. The lowest BCUT2D eigenvalue weighted by Gasteiger charge is -2.09. The lowest BCUT2D eigenvalue weighted by molar-refractivity contribution is -0.117. The fourth-order valence-electron chi connectivity index (χ4n) is 3.24. The Balaban J connectivity index is 1.59. The maximum Gasteiger partial charge on any atom is 0.262 e. The van der Waals surface area contributed by atoms with Crippen molar-refractivity contribution < 1.29 is 4.79 Å². The van der Waals surface area contributed by atoms with Gasteiger partial charge in [0.15, 0.2) is 0 Å². The van der Waals surface area contributed by atoms with Crippen LogP contribution < -0.4 is 5.32 Å². The van der Waals surface area contributed by atoms with Crippen LogP contribution in [-0.2, 0) is 11.3 Å². The number of fused-ring (bicyclic) bond motifs is 1. The first-order chi connectivity index (χ1) is 14.2. The molecule has 0 unspecified atom stereocenters. The van der Waals surface area contributed by atoms with Crippen molar-refractivity contribution in [1.82, 2.24) is 9.88 Å². The third-order valence-corrected chi connectivity index (χ3v) is 4.74. The van der Waals surface area contributed by atoms with Gasteiger partial charge in [0.05, 0.1) is 0 Å². The van der Waals surface area contributed by atoms with Gasteiger partial charge in [0.25, 0.3) is 5.91 Å². The molecule has 4 nitrogen and oxygen atoms in total. The van der Waals surface area contributed by atoms with Crippen LogP contribution in [0.5, 0.6) is 0 Å². The summed E-state index contributed by atoms with van der Waals surface area (Å²) in [6.07, 6.45) is 3.54. The predicted octanol–water partition coefficient (Wildman–Crippen LogP) is 4.85. The highest BCUT2D eigenvalue weighted by atomic mass is 16.1. The molecule has 0 saturated carbocycles. The van der Waals surface area contributed by atoms with Crippen LogP contribution in [0.15, 0.2) is 96.7 Å². The second kappa shape index (κ2) is 8.28. The molecule has 0 atom stereocenters. The van der Waals surface area contributed by atoms with Crippen molar-refractivity contribution in [2.75, 3.05) is 0 Å². The standard InChI is InChI=1S/C25H19N3O/c26-17-22(25(29)27-18-19-7-2-1-3-8-19)16-23-11-6-14-28(23)24-13-12-20-9-4-5-10-21(20)15-24/h1-16H,18H2,(H,27,29)/b22-16-. The molecule has 140 valence electrons. The van der Waals surface area contributed by atoms with Crippen molar-refractivity contribution in [2.45, 2.75) is 6.54 Å². The zero-order valence-corrected chi connectivity index (χ0v) is 15.7. The first-order valence-corrected chi connectivity index (χ1v) is 9.35. The van der Waals surface area contributed by atoms with E-state index < -0.39 is 0 Å². The molecule has 4 heteroatoms. The molecular formula is C25H19N3O. The largest absolute Gasteiger partial charge is 0.347 e. The van der Waals surface area contributed by atoms with E-state index in [1.165, 1.54) is 5.39 Å². The Morgan fingerprint density at radius 1 is 0.931 bits per heavy atom. The van der Waals surface area contributed by atoms with Crippen molar-refractivity contribution in [3.8, 4) is 11.8 Å². The Kier molecular flexibility index (Phi) is 5.22. The van der Waals surface area contributed by atoms with E-state index in [1.807, 2.05) is 77.5 Å². The van der Waals surface area contributed by atoms with Gasteiger partial charge in [0, 0.05) is 24.1 Å². The second-order valence-corrected chi connectivity index (χ2v) is 6.67. The summed E-state index contributed by atoms with van der Waals surface area (Å²) in [6, 6.07) is 29.8. The number of carbonyl (C=O) groups is 1. The molecule has 0 aliphatic heterocycles. The minimum Gasteiger partial charge on any atom is -0.347 e. The van der Waals surface area contributed by atoms with Gasteiger partial charge in [-0.15, -0.1) is 0 Å². The molecule has 0 saturated heterocycles. The van der Waals surface area contributed by atoms with E-state index in [1.54, 1.807) is 6.08 Å². The van der Waals surface area contributed by atoms with Crippen molar-refractivity contribution >= 4 is 22.8 Å². The maximum atomic E-state index is 12.5. The highest BCUT2D eigenvalue weighted by molar-refractivity contribution is 6.01. The molecule has 4 aromatic rings. The predicted molar refractivity (Wildman–Crippen MR) is 115 cm³/mol. The monoisotopic (exact) mass is 377 g/mol. The number of hydrogen-bond donors (Lipinski definition) is 1.